The van der Waals surface area contributed by atoms with Crippen LogP contribution in [0.4, 0.5) is 0 Å². The summed E-state index contributed by atoms with van der Waals surface area (Å²) in [6, 6.07) is 16.7. The van der Waals surface area contributed by atoms with Crippen LogP contribution in [-0.2, 0) is 20.8 Å². The minimum atomic E-state index is -2.41. The standard InChI is InChI=1S/C24H18ClNO6/c1-31-16-9-7-14(8-10-16)24-18(13-5-3-2-4-6-13)19(21(27)28)23(30,22(24)29)20-17(32-24)11-15(25)12-26-20/h2-12,18-19,30H,1H3,(H,27,28)/t18-,19-,23-,24?/m1/s1. The van der Waals surface area contributed by atoms with Crippen molar-refractivity contribution in [3.05, 3.63) is 88.7 Å². The van der Waals surface area contributed by atoms with E-state index in [0.717, 1.165) is 0 Å². The molecule has 1 aromatic heterocycles. The summed E-state index contributed by atoms with van der Waals surface area (Å²) in [6.45, 7) is 0. The van der Waals surface area contributed by atoms with Crippen LogP contribution in [0.25, 0.3) is 0 Å². The molecule has 0 radical (unpaired) electrons. The molecule has 162 valence electrons. The van der Waals surface area contributed by atoms with Gasteiger partial charge in [-0.15, -0.1) is 0 Å². The van der Waals surface area contributed by atoms with E-state index in [4.69, 9.17) is 21.1 Å². The van der Waals surface area contributed by atoms with Gasteiger partial charge in [-0.2, -0.15) is 0 Å². The average Bonchev–Trinajstić information content (AvgIpc) is 2.93. The maximum atomic E-state index is 14.0. The molecule has 1 aliphatic heterocycles. The molecule has 4 atom stereocenters. The van der Waals surface area contributed by atoms with Crippen molar-refractivity contribution in [1.82, 2.24) is 4.98 Å². The molecule has 2 aliphatic rings. The monoisotopic (exact) mass is 451 g/mol. The minimum Gasteiger partial charge on any atom is -0.497 e. The Labute approximate surface area is 188 Å². The highest BCUT2D eigenvalue weighted by molar-refractivity contribution is 6.30. The van der Waals surface area contributed by atoms with Crippen LogP contribution in [-0.4, -0.2) is 34.1 Å². The highest BCUT2D eigenvalue weighted by atomic mass is 35.5. The number of pyridine rings is 1. The normalized spacial score (nSPS) is 28.0. The second kappa shape index (κ2) is 7.05. The topological polar surface area (TPSA) is 106 Å². The second-order valence-corrected chi connectivity index (χ2v) is 8.30. The number of Topliss-reactive ketones (excluding diaryl/α,β-unsaturated/α-hetero) is 1. The summed E-state index contributed by atoms with van der Waals surface area (Å²) in [6.07, 6.45) is 1.25. The molecule has 1 fully saturated rings. The lowest BCUT2D eigenvalue weighted by atomic mass is 9.75. The summed E-state index contributed by atoms with van der Waals surface area (Å²) >= 11 is 6.12. The zero-order valence-corrected chi connectivity index (χ0v) is 17.6. The predicted octanol–water partition coefficient (Wildman–Crippen LogP) is 3.29. The first-order valence-corrected chi connectivity index (χ1v) is 10.3. The number of methoxy groups -OCH3 is 1. The molecular weight excluding hydrogens is 434 g/mol. The van der Waals surface area contributed by atoms with Crippen molar-refractivity contribution < 1.29 is 29.3 Å². The van der Waals surface area contributed by atoms with Gasteiger partial charge in [0.15, 0.2) is 5.60 Å². The SMILES string of the molecule is COc1ccc(C23Oc4cc(Cl)cnc4[C@@](O)(C2=O)[C@@H](C(=O)O)[C@H]3c2ccccc2)cc1. The van der Waals surface area contributed by atoms with Crippen molar-refractivity contribution in [1.29, 1.82) is 0 Å². The van der Waals surface area contributed by atoms with E-state index in [1.165, 1.54) is 19.4 Å². The Bertz CT molecular complexity index is 1230. The number of aliphatic hydroxyl groups is 1. The van der Waals surface area contributed by atoms with E-state index < -0.39 is 34.8 Å². The van der Waals surface area contributed by atoms with Crippen molar-refractivity contribution >= 4 is 23.4 Å². The van der Waals surface area contributed by atoms with E-state index in [1.54, 1.807) is 54.6 Å². The summed E-state index contributed by atoms with van der Waals surface area (Å²) < 4.78 is 11.5. The van der Waals surface area contributed by atoms with Crippen LogP contribution in [0.5, 0.6) is 11.5 Å². The molecule has 1 aliphatic carbocycles. The van der Waals surface area contributed by atoms with Crippen LogP contribution < -0.4 is 9.47 Å². The second-order valence-electron chi connectivity index (χ2n) is 7.87. The van der Waals surface area contributed by atoms with Crippen LogP contribution in [0, 0.1) is 5.92 Å². The molecule has 1 saturated carbocycles. The number of fused-ring (bicyclic) bond motifs is 4. The number of carbonyl (C=O) groups is 2. The fourth-order valence-electron chi connectivity index (χ4n) is 4.98. The molecule has 3 aromatic rings. The molecule has 0 spiro atoms. The highest BCUT2D eigenvalue weighted by Crippen LogP contribution is 2.64. The highest BCUT2D eigenvalue weighted by Gasteiger charge is 2.76. The summed E-state index contributed by atoms with van der Waals surface area (Å²) in [7, 11) is 1.51. The molecule has 2 aromatic carbocycles. The molecule has 0 saturated heterocycles. The number of hydrogen-bond donors (Lipinski definition) is 2. The lowest BCUT2D eigenvalue weighted by Crippen LogP contribution is -2.51. The van der Waals surface area contributed by atoms with Gasteiger partial charge in [0.1, 0.15) is 23.1 Å². The molecule has 0 amide bonds. The lowest BCUT2D eigenvalue weighted by Gasteiger charge is -2.38. The summed E-state index contributed by atoms with van der Waals surface area (Å²) in [4.78, 5) is 30.7. The molecular formula is C24H18ClNO6. The number of ether oxygens (including phenoxy) is 2. The van der Waals surface area contributed by atoms with Gasteiger partial charge in [-0.05, 0) is 17.7 Å². The first-order valence-electron chi connectivity index (χ1n) is 9.88. The molecule has 2 heterocycles. The van der Waals surface area contributed by atoms with Gasteiger partial charge in [0.05, 0.1) is 18.1 Å². The number of aromatic nitrogens is 1. The molecule has 5 rings (SSSR count). The average molecular weight is 452 g/mol. The maximum absolute atomic E-state index is 14.0. The summed E-state index contributed by atoms with van der Waals surface area (Å²) in [5.74, 6) is -4.08. The Morgan fingerprint density at radius 1 is 1.16 bits per heavy atom. The number of nitrogens with zero attached hydrogens (tertiary/aromatic N) is 1. The molecule has 7 nitrogen and oxygen atoms in total. The number of benzene rings is 2. The molecule has 1 unspecified atom stereocenters. The third-order valence-electron chi connectivity index (χ3n) is 6.30. The molecule has 2 bridgehead atoms. The van der Waals surface area contributed by atoms with Crippen LogP contribution in [0.3, 0.4) is 0 Å². The zero-order chi connectivity index (χ0) is 22.7. The van der Waals surface area contributed by atoms with E-state index in [0.29, 0.717) is 16.9 Å². The Balaban J connectivity index is 1.87. The first-order chi connectivity index (χ1) is 15.3. The third-order valence-corrected chi connectivity index (χ3v) is 6.51. The van der Waals surface area contributed by atoms with Gasteiger partial charge in [0.2, 0.25) is 11.4 Å². The van der Waals surface area contributed by atoms with Gasteiger partial charge in [-0.25, -0.2) is 0 Å². The number of aliphatic carboxylic acids is 1. The zero-order valence-electron chi connectivity index (χ0n) is 16.9. The van der Waals surface area contributed by atoms with E-state index in [9.17, 15) is 19.8 Å². The number of carbonyl (C=O) groups excluding carboxylic acids is 1. The largest absolute Gasteiger partial charge is 0.497 e. The van der Waals surface area contributed by atoms with Gasteiger partial charge in [0.25, 0.3) is 0 Å². The van der Waals surface area contributed by atoms with Crippen LogP contribution in [0.15, 0.2) is 66.9 Å². The van der Waals surface area contributed by atoms with E-state index in [1.807, 2.05) is 0 Å². The van der Waals surface area contributed by atoms with Crippen LogP contribution in [0.1, 0.15) is 22.7 Å². The van der Waals surface area contributed by atoms with E-state index in [2.05, 4.69) is 4.98 Å². The van der Waals surface area contributed by atoms with E-state index >= 15 is 0 Å². The number of halogens is 1. The van der Waals surface area contributed by atoms with Crippen LogP contribution in [0.2, 0.25) is 5.02 Å². The maximum Gasteiger partial charge on any atom is 0.311 e. The van der Waals surface area contributed by atoms with Gasteiger partial charge < -0.3 is 19.7 Å². The number of hydrogen-bond acceptors (Lipinski definition) is 6. The Morgan fingerprint density at radius 3 is 2.47 bits per heavy atom. The fourth-order valence-corrected chi connectivity index (χ4v) is 5.13. The van der Waals surface area contributed by atoms with Gasteiger partial charge in [0, 0.05) is 17.8 Å². The van der Waals surface area contributed by atoms with Crippen molar-refractivity contribution in [2.75, 3.05) is 7.11 Å². The number of ketones is 1. The third kappa shape index (κ3) is 2.55. The lowest BCUT2D eigenvalue weighted by molar-refractivity contribution is -0.161. The van der Waals surface area contributed by atoms with Crippen molar-refractivity contribution in [3.63, 3.8) is 0 Å². The van der Waals surface area contributed by atoms with Gasteiger partial charge >= 0.3 is 5.97 Å². The molecule has 2 N–H and O–H groups in total. The first kappa shape index (κ1) is 20.5. The summed E-state index contributed by atoms with van der Waals surface area (Å²) in [5.41, 5.74) is -3.44. The number of rotatable bonds is 4. The Hall–Kier alpha value is -3.42. The number of carboxylic acid groups (broad SMARTS) is 1. The van der Waals surface area contributed by atoms with Gasteiger partial charge in [-0.1, -0.05) is 54.1 Å². The Morgan fingerprint density at radius 2 is 1.84 bits per heavy atom. The Kier molecular flexibility index (Phi) is 4.51. The van der Waals surface area contributed by atoms with Crippen molar-refractivity contribution in [2.24, 2.45) is 5.92 Å². The van der Waals surface area contributed by atoms with E-state index in [-0.39, 0.29) is 16.5 Å². The van der Waals surface area contributed by atoms with Crippen molar-refractivity contribution in [3.8, 4) is 11.5 Å². The summed E-state index contributed by atoms with van der Waals surface area (Å²) in [5, 5.41) is 22.3. The molecule has 32 heavy (non-hydrogen) atoms. The van der Waals surface area contributed by atoms with Gasteiger partial charge in [-0.3, -0.25) is 14.6 Å². The van der Waals surface area contributed by atoms with Crippen molar-refractivity contribution in [2.45, 2.75) is 17.1 Å². The van der Waals surface area contributed by atoms with Crippen LogP contribution >= 0.6 is 11.6 Å². The predicted molar refractivity (Wildman–Crippen MR) is 114 cm³/mol. The number of carboxylic acids is 1. The quantitative estimate of drug-likeness (QED) is 0.627. The fraction of sp³-hybridized carbons (Fsp3) is 0.208. The molecule has 8 heteroatoms. The smallest absolute Gasteiger partial charge is 0.311 e. The minimum absolute atomic E-state index is 0.0695.